The van der Waals surface area contributed by atoms with Gasteiger partial charge in [0.25, 0.3) is 5.91 Å². The lowest BCUT2D eigenvalue weighted by Crippen LogP contribution is -2.45. The first-order valence-electron chi connectivity index (χ1n) is 5.75. The summed E-state index contributed by atoms with van der Waals surface area (Å²) in [6.07, 6.45) is 0.666. The van der Waals surface area contributed by atoms with Crippen LogP contribution >= 0.6 is 11.6 Å². The van der Waals surface area contributed by atoms with E-state index in [2.05, 4.69) is 5.32 Å². The minimum absolute atomic E-state index is 0.145. The minimum Gasteiger partial charge on any atom is -0.480 e. The van der Waals surface area contributed by atoms with Gasteiger partial charge in [-0.05, 0) is 18.1 Å². The zero-order valence-electron chi connectivity index (χ0n) is 10.3. The molecular weight excluding hydrogens is 254 g/mol. The van der Waals surface area contributed by atoms with Crippen molar-refractivity contribution in [1.82, 2.24) is 5.32 Å². The predicted molar refractivity (Wildman–Crippen MR) is 69.8 cm³/mol. The van der Waals surface area contributed by atoms with E-state index in [4.69, 9.17) is 16.7 Å². The zero-order valence-corrected chi connectivity index (χ0v) is 11.1. The van der Waals surface area contributed by atoms with Crippen LogP contribution in [0, 0.1) is 5.92 Å². The maximum absolute atomic E-state index is 11.9. The van der Waals surface area contributed by atoms with E-state index in [1.54, 1.807) is 31.2 Å². The normalized spacial score (nSPS) is 13.7. The van der Waals surface area contributed by atoms with Gasteiger partial charge in [0.1, 0.15) is 6.04 Å². The van der Waals surface area contributed by atoms with Crippen LogP contribution in [0.2, 0.25) is 5.02 Å². The Hall–Kier alpha value is -1.55. The number of hydrogen-bond acceptors (Lipinski definition) is 2. The second kappa shape index (κ2) is 6.40. The number of benzene rings is 1. The quantitative estimate of drug-likeness (QED) is 0.863. The summed E-state index contributed by atoms with van der Waals surface area (Å²) in [5, 5.41) is 11.9. The van der Waals surface area contributed by atoms with Crippen molar-refractivity contribution in [1.29, 1.82) is 0 Å². The second-order valence-corrected chi connectivity index (χ2v) is 4.56. The maximum Gasteiger partial charge on any atom is 0.326 e. The molecule has 18 heavy (non-hydrogen) atoms. The van der Waals surface area contributed by atoms with E-state index in [1.807, 2.05) is 6.92 Å². The molecule has 1 aromatic carbocycles. The Morgan fingerprint density at radius 3 is 2.50 bits per heavy atom. The average molecular weight is 270 g/mol. The number of halogens is 1. The van der Waals surface area contributed by atoms with E-state index >= 15 is 0 Å². The van der Waals surface area contributed by atoms with Crippen LogP contribution in [-0.2, 0) is 4.79 Å². The number of amides is 1. The van der Waals surface area contributed by atoms with Gasteiger partial charge in [0.2, 0.25) is 0 Å². The Morgan fingerprint density at radius 1 is 1.39 bits per heavy atom. The van der Waals surface area contributed by atoms with Crippen molar-refractivity contribution < 1.29 is 14.7 Å². The third-order valence-electron chi connectivity index (χ3n) is 2.88. The van der Waals surface area contributed by atoms with E-state index in [9.17, 15) is 9.59 Å². The molecule has 0 radical (unpaired) electrons. The van der Waals surface area contributed by atoms with Crippen LogP contribution in [0.1, 0.15) is 30.6 Å². The van der Waals surface area contributed by atoms with Gasteiger partial charge in [0.05, 0.1) is 10.6 Å². The Morgan fingerprint density at radius 2 is 2.00 bits per heavy atom. The smallest absolute Gasteiger partial charge is 0.326 e. The molecule has 0 fully saturated rings. The Labute approximate surface area is 111 Å². The largest absolute Gasteiger partial charge is 0.480 e. The topological polar surface area (TPSA) is 66.4 Å². The highest BCUT2D eigenvalue weighted by atomic mass is 35.5. The molecule has 2 atom stereocenters. The number of carbonyl (C=O) groups is 2. The van der Waals surface area contributed by atoms with Crippen molar-refractivity contribution in [2.24, 2.45) is 5.92 Å². The van der Waals surface area contributed by atoms with E-state index in [0.717, 1.165) is 0 Å². The Bertz CT molecular complexity index is 448. The van der Waals surface area contributed by atoms with Gasteiger partial charge in [-0.2, -0.15) is 0 Å². The van der Waals surface area contributed by atoms with Crippen LogP contribution < -0.4 is 5.32 Å². The molecule has 0 saturated carbocycles. The first kappa shape index (κ1) is 14.5. The zero-order chi connectivity index (χ0) is 13.7. The molecule has 0 saturated heterocycles. The van der Waals surface area contributed by atoms with Crippen LogP contribution in [0.25, 0.3) is 0 Å². The predicted octanol–water partition coefficient (Wildman–Crippen LogP) is 2.57. The Balaban J connectivity index is 2.86. The Kier molecular flexibility index (Phi) is 5.16. The lowest BCUT2D eigenvalue weighted by molar-refractivity contribution is -0.140. The number of hydrogen-bond donors (Lipinski definition) is 2. The number of nitrogens with one attached hydrogen (secondary N) is 1. The van der Waals surface area contributed by atoms with Crippen LogP contribution in [0.5, 0.6) is 0 Å². The summed E-state index contributed by atoms with van der Waals surface area (Å²) in [6, 6.07) is 5.64. The fraction of sp³-hybridized carbons (Fsp3) is 0.385. The van der Waals surface area contributed by atoms with Gasteiger partial charge in [0, 0.05) is 0 Å². The third-order valence-corrected chi connectivity index (χ3v) is 3.21. The molecule has 1 amide bonds. The van der Waals surface area contributed by atoms with Crippen LogP contribution in [-0.4, -0.2) is 23.0 Å². The number of carboxylic acid groups (broad SMARTS) is 1. The molecule has 0 aliphatic rings. The highest BCUT2D eigenvalue weighted by Gasteiger charge is 2.26. The standard InChI is InChI=1S/C13H16ClNO3/c1-3-8(2)11(13(17)18)15-12(16)9-6-4-5-7-10(9)14/h4-8,11H,3H2,1-2H3,(H,15,16)(H,17,18)/t8-,11-/m1/s1. The van der Waals surface area contributed by atoms with Gasteiger partial charge in [0.15, 0.2) is 0 Å². The number of carbonyl (C=O) groups excluding carboxylic acids is 1. The minimum atomic E-state index is -1.04. The maximum atomic E-state index is 11.9. The summed E-state index contributed by atoms with van der Waals surface area (Å²) < 4.78 is 0. The van der Waals surface area contributed by atoms with Crippen molar-refractivity contribution in [3.8, 4) is 0 Å². The molecule has 0 bridgehead atoms. The second-order valence-electron chi connectivity index (χ2n) is 4.15. The van der Waals surface area contributed by atoms with E-state index in [1.165, 1.54) is 0 Å². The van der Waals surface area contributed by atoms with Crippen LogP contribution in [0.15, 0.2) is 24.3 Å². The molecule has 0 unspecified atom stereocenters. The highest BCUT2D eigenvalue weighted by molar-refractivity contribution is 6.33. The lowest BCUT2D eigenvalue weighted by atomic mass is 9.99. The molecule has 1 rings (SSSR count). The van der Waals surface area contributed by atoms with Crippen molar-refractivity contribution in [2.75, 3.05) is 0 Å². The molecular formula is C13H16ClNO3. The van der Waals surface area contributed by atoms with Crippen molar-refractivity contribution in [2.45, 2.75) is 26.3 Å². The fourth-order valence-electron chi connectivity index (χ4n) is 1.55. The van der Waals surface area contributed by atoms with E-state index < -0.39 is 17.9 Å². The van der Waals surface area contributed by atoms with Gasteiger partial charge in [-0.15, -0.1) is 0 Å². The SMILES string of the molecule is CC[C@@H](C)[C@@H](NC(=O)c1ccccc1Cl)C(=O)O. The molecule has 1 aromatic rings. The number of rotatable bonds is 5. The highest BCUT2D eigenvalue weighted by Crippen LogP contribution is 2.16. The van der Waals surface area contributed by atoms with Gasteiger partial charge >= 0.3 is 5.97 Å². The lowest BCUT2D eigenvalue weighted by Gasteiger charge is -2.20. The molecule has 0 aliphatic carbocycles. The monoisotopic (exact) mass is 269 g/mol. The number of aliphatic carboxylic acids is 1. The third kappa shape index (κ3) is 3.47. The summed E-state index contributed by atoms with van der Waals surface area (Å²) in [6.45, 7) is 3.66. The molecule has 4 nitrogen and oxygen atoms in total. The number of carboxylic acids is 1. The summed E-state index contributed by atoms with van der Waals surface area (Å²) in [7, 11) is 0. The van der Waals surface area contributed by atoms with Crippen molar-refractivity contribution >= 4 is 23.5 Å². The van der Waals surface area contributed by atoms with Gasteiger partial charge < -0.3 is 10.4 Å². The summed E-state index contributed by atoms with van der Waals surface area (Å²) in [5.74, 6) is -1.65. The average Bonchev–Trinajstić information content (AvgIpc) is 2.35. The first-order valence-corrected chi connectivity index (χ1v) is 6.13. The summed E-state index contributed by atoms with van der Waals surface area (Å²) >= 11 is 5.89. The van der Waals surface area contributed by atoms with Crippen LogP contribution in [0.3, 0.4) is 0 Å². The molecule has 0 aromatic heterocycles. The van der Waals surface area contributed by atoms with Crippen molar-refractivity contribution in [3.63, 3.8) is 0 Å². The summed E-state index contributed by atoms with van der Waals surface area (Å²) in [5.41, 5.74) is 0.286. The summed E-state index contributed by atoms with van der Waals surface area (Å²) in [4.78, 5) is 23.0. The molecule has 0 spiro atoms. The van der Waals surface area contributed by atoms with Crippen molar-refractivity contribution in [3.05, 3.63) is 34.9 Å². The fourth-order valence-corrected chi connectivity index (χ4v) is 1.77. The molecule has 0 heterocycles. The van der Waals surface area contributed by atoms with Gasteiger partial charge in [-0.25, -0.2) is 4.79 Å². The molecule has 98 valence electrons. The van der Waals surface area contributed by atoms with E-state index in [-0.39, 0.29) is 11.5 Å². The molecule has 0 aliphatic heterocycles. The van der Waals surface area contributed by atoms with Crippen LogP contribution in [0.4, 0.5) is 0 Å². The molecule has 5 heteroatoms. The molecule has 2 N–H and O–H groups in total. The van der Waals surface area contributed by atoms with E-state index in [0.29, 0.717) is 11.4 Å². The van der Waals surface area contributed by atoms with Gasteiger partial charge in [-0.3, -0.25) is 4.79 Å². The van der Waals surface area contributed by atoms with Gasteiger partial charge in [-0.1, -0.05) is 44.0 Å². The first-order chi connectivity index (χ1) is 8.47.